The summed E-state index contributed by atoms with van der Waals surface area (Å²) in [5.41, 5.74) is 1.14. The van der Waals surface area contributed by atoms with Crippen LogP contribution >= 0.6 is 24.0 Å². The minimum atomic E-state index is 0. The van der Waals surface area contributed by atoms with Crippen LogP contribution in [0, 0.1) is 6.92 Å². The number of hydrogen-bond donors (Lipinski definition) is 2. The lowest BCUT2D eigenvalue weighted by atomic mass is 10.2. The fraction of sp³-hybridized carbons (Fsp3) is 0.611. The van der Waals surface area contributed by atoms with Crippen LogP contribution in [0.4, 0.5) is 0 Å². The van der Waals surface area contributed by atoms with E-state index in [1.54, 1.807) is 14.2 Å². The number of aliphatic imine (C=N–C) groups is 1. The molecule has 1 unspecified atom stereocenters. The van der Waals surface area contributed by atoms with Crippen molar-refractivity contribution in [3.63, 3.8) is 0 Å². The molecule has 25 heavy (non-hydrogen) atoms. The minimum Gasteiger partial charge on any atom is -0.489 e. The fourth-order valence-electron chi connectivity index (χ4n) is 2.03. The summed E-state index contributed by atoms with van der Waals surface area (Å²) in [4.78, 5) is 4.21. The number of guanidine groups is 1. The third-order valence-electron chi connectivity index (χ3n) is 3.39. The van der Waals surface area contributed by atoms with Crippen molar-refractivity contribution < 1.29 is 14.2 Å². The molecule has 7 heteroatoms. The summed E-state index contributed by atoms with van der Waals surface area (Å²) in [6, 6.07) is 8.03. The molecule has 0 saturated heterocycles. The second-order valence-corrected chi connectivity index (χ2v) is 5.53. The number of methoxy groups -OCH3 is 1. The van der Waals surface area contributed by atoms with E-state index < -0.39 is 0 Å². The summed E-state index contributed by atoms with van der Waals surface area (Å²) >= 11 is 0. The van der Waals surface area contributed by atoms with Crippen molar-refractivity contribution in [2.45, 2.75) is 26.4 Å². The lowest BCUT2D eigenvalue weighted by Crippen LogP contribution is -2.42. The van der Waals surface area contributed by atoms with Gasteiger partial charge in [0.15, 0.2) is 5.96 Å². The highest BCUT2D eigenvalue weighted by atomic mass is 127. The van der Waals surface area contributed by atoms with Crippen LogP contribution in [0.1, 0.15) is 18.9 Å². The Labute approximate surface area is 168 Å². The quantitative estimate of drug-likeness (QED) is 0.228. The van der Waals surface area contributed by atoms with E-state index in [9.17, 15) is 0 Å². The molecule has 0 aromatic heterocycles. The highest BCUT2D eigenvalue weighted by molar-refractivity contribution is 14.0. The van der Waals surface area contributed by atoms with Crippen LogP contribution in [-0.4, -0.2) is 59.1 Å². The summed E-state index contributed by atoms with van der Waals surface area (Å²) in [6.45, 7) is 7.55. The average Bonchev–Trinajstić information content (AvgIpc) is 2.58. The Morgan fingerprint density at radius 2 is 1.92 bits per heavy atom. The molecule has 1 atom stereocenters. The van der Waals surface area contributed by atoms with Gasteiger partial charge < -0.3 is 24.8 Å². The highest BCUT2D eigenvalue weighted by Crippen LogP contribution is 2.17. The van der Waals surface area contributed by atoms with E-state index in [2.05, 4.69) is 15.6 Å². The largest absolute Gasteiger partial charge is 0.489 e. The topological polar surface area (TPSA) is 64.1 Å². The molecule has 0 aliphatic rings. The number of para-hydroxylation sites is 1. The number of nitrogens with one attached hydrogen (secondary N) is 2. The Hall–Kier alpha value is -1.06. The van der Waals surface area contributed by atoms with Crippen LogP contribution in [0.2, 0.25) is 0 Å². The van der Waals surface area contributed by atoms with E-state index in [1.807, 2.05) is 38.1 Å². The van der Waals surface area contributed by atoms with Crippen molar-refractivity contribution in [1.82, 2.24) is 10.6 Å². The zero-order valence-corrected chi connectivity index (χ0v) is 18.0. The van der Waals surface area contributed by atoms with E-state index in [-0.39, 0.29) is 30.1 Å². The maximum absolute atomic E-state index is 5.94. The average molecular weight is 465 g/mol. The van der Waals surface area contributed by atoms with Crippen LogP contribution in [-0.2, 0) is 9.47 Å². The molecule has 144 valence electrons. The van der Waals surface area contributed by atoms with Gasteiger partial charge in [0.05, 0.1) is 19.8 Å². The molecular formula is C18H32IN3O3. The number of ether oxygens (including phenoxy) is 3. The monoisotopic (exact) mass is 465 g/mol. The van der Waals surface area contributed by atoms with Gasteiger partial charge >= 0.3 is 0 Å². The number of halogens is 1. The molecule has 0 aliphatic heterocycles. The molecule has 0 fully saturated rings. The molecule has 1 aromatic rings. The van der Waals surface area contributed by atoms with Gasteiger partial charge in [0.1, 0.15) is 11.9 Å². The number of benzene rings is 1. The van der Waals surface area contributed by atoms with Gasteiger partial charge in [-0.3, -0.25) is 4.99 Å². The van der Waals surface area contributed by atoms with E-state index >= 15 is 0 Å². The van der Waals surface area contributed by atoms with Crippen LogP contribution in [0.5, 0.6) is 5.75 Å². The van der Waals surface area contributed by atoms with Crippen LogP contribution in [0.15, 0.2) is 29.3 Å². The Morgan fingerprint density at radius 1 is 1.16 bits per heavy atom. The van der Waals surface area contributed by atoms with Gasteiger partial charge in [-0.2, -0.15) is 0 Å². The first kappa shape index (κ1) is 23.9. The smallest absolute Gasteiger partial charge is 0.191 e. The van der Waals surface area contributed by atoms with Gasteiger partial charge in [-0.05, 0) is 31.9 Å². The number of rotatable bonds is 11. The Kier molecular flexibility index (Phi) is 14.6. The van der Waals surface area contributed by atoms with Gasteiger partial charge in [-0.25, -0.2) is 0 Å². The standard InChI is InChI=1S/C18H31N3O3.HI/c1-15-8-5-6-9-17(15)24-16(2)14-21-18(19-3)20-10-7-11-23-13-12-22-4;/h5-6,8-9,16H,7,10-14H2,1-4H3,(H2,19,20,21);1H. The predicted octanol–water partition coefficient (Wildman–Crippen LogP) is 2.60. The number of nitrogens with zero attached hydrogens (tertiary/aromatic N) is 1. The van der Waals surface area contributed by atoms with E-state index in [1.165, 1.54) is 0 Å². The molecular weight excluding hydrogens is 433 g/mol. The van der Waals surface area contributed by atoms with Crippen molar-refractivity contribution in [2.75, 3.05) is 47.1 Å². The maximum Gasteiger partial charge on any atom is 0.191 e. The summed E-state index contributed by atoms with van der Waals surface area (Å²) in [7, 11) is 3.43. The molecule has 0 spiro atoms. The van der Waals surface area contributed by atoms with Gasteiger partial charge in [-0.1, -0.05) is 18.2 Å². The maximum atomic E-state index is 5.94. The zero-order chi connectivity index (χ0) is 17.6. The molecule has 0 heterocycles. The van der Waals surface area contributed by atoms with Crippen LogP contribution in [0.3, 0.4) is 0 Å². The number of aryl methyl sites for hydroxylation is 1. The molecule has 2 N–H and O–H groups in total. The molecule has 6 nitrogen and oxygen atoms in total. The summed E-state index contributed by atoms with van der Waals surface area (Å²) in [5.74, 6) is 1.69. The third-order valence-corrected chi connectivity index (χ3v) is 3.39. The SMILES string of the molecule is CN=C(NCCCOCCOC)NCC(C)Oc1ccccc1C.I. The normalized spacial score (nSPS) is 12.2. The summed E-state index contributed by atoms with van der Waals surface area (Å²) in [6.07, 6.45) is 0.960. The summed E-state index contributed by atoms with van der Waals surface area (Å²) in [5, 5.41) is 6.54. The first-order valence-electron chi connectivity index (χ1n) is 8.40. The second-order valence-electron chi connectivity index (χ2n) is 5.53. The predicted molar refractivity (Wildman–Crippen MR) is 113 cm³/mol. The Bertz CT molecular complexity index is 486. The van der Waals surface area contributed by atoms with E-state index in [0.717, 1.165) is 30.2 Å². The molecule has 0 radical (unpaired) electrons. The molecule has 0 saturated carbocycles. The fourth-order valence-corrected chi connectivity index (χ4v) is 2.03. The lowest BCUT2D eigenvalue weighted by molar-refractivity contribution is 0.0698. The minimum absolute atomic E-state index is 0. The van der Waals surface area contributed by atoms with Crippen molar-refractivity contribution in [3.8, 4) is 5.75 Å². The molecule has 1 rings (SSSR count). The third kappa shape index (κ3) is 11.2. The molecule has 0 aliphatic carbocycles. The number of hydrogen-bond acceptors (Lipinski definition) is 4. The van der Waals surface area contributed by atoms with Crippen LogP contribution < -0.4 is 15.4 Å². The molecule has 0 amide bonds. The van der Waals surface area contributed by atoms with E-state index in [0.29, 0.717) is 26.4 Å². The first-order chi connectivity index (χ1) is 11.7. The Balaban J connectivity index is 0.00000576. The van der Waals surface area contributed by atoms with Gasteiger partial charge in [-0.15, -0.1) is 24.0 Å². The zero-order valence-electron chi connectivity index (χ0n) is 15.7. The lowest BCUT2D eigenvalue weighted by Gasteiger charge is -2.18. The van der Waals surface area contributed by atoms with Crippen LogP contribution in [0.25, 0.3) is 0 Å². The van der Waals surface area contributed by atoms with Gasteiger partial charge in [0.25, 0.3) is 0 Å². The highest BCUT2D eigenvalue weighted by Gasteiger charge is 2.07. The molecule has 1 aromatic carbocycles. The summed E-state index contributed by atoms with van der Waals surface area (Å²) < 4.78 is 16.3. The van der Waals surface area contributed by atoms with Gasteiger partial charge in [0.2, 0.25) is 0 Å². The molecule has 0 bridgehead atoms. The first-order valence-corrected chi connectivity index (χ1v) is 8.40. The van der Waals surface area contributed by atoms with Crippen molar-refractivity contribution in [2.24, 2.45) is 4.99 Å². The van der Waals surface area contributed by atoms with Gasteiger partial charge in [0, 0.05) is 27.3 Å². The van der Waals surface area contributed by atoms with E-state index in [4.69, 9.17) is 14.2 Å². The van der Waals surface area contributed by atoms with Crippen molar-refractivity contribution in [3.05, 3.63) is 29.8 Å². The second kappa shape index (κ2) is 15.2. The van der Waals surface area contributed by atoms with Crippen molar-refractivity contribution >= 4 is 29.9 Å². The Morgan fingerprint density at radius 3 is 2.60 bits per heavy atom. The van der Waals surface area contributed by atoms with Crippen molar-refractivity contribution in [1.29, 1.82) is 0 Å².